The van der Waals surface area contributed by atoms with Crippen LogP contribution in [0.3, 0.4) is 0 Å². The second-order valence-corrected chi connectivity index (χ2v) is 9.78. The van der Waals surface area contributed by atoms with Crippen LogP contribution in [-0.2, 0) is 4.79 Å². The Bertz CT molecular complexity index is 1530. The molecule has 0 saturated carbocycles. The van der Waals surface area contributed by atoms with Gasteiger partial charge in [0, 0.05) is 35.0 Å². The number of anilines is 1. The van der Waals surface area contributed by atoms with E-state index < -0.39 is 11.0 Å². The van der Waals surface area contributed by atoms with Crippen molar-refractivity contribution in [2.45, 2.75) is 25.9 Å². The summed E-state index contributed by atoms with van der Waals surface area (Å²) in [6.07, 6.45) is 1.96. The van der Waals surface area contributed by atoms with Crippen LogP contribution in [0.5, 0.6) is 0 Å². The smallest absolute Gasteiger partial charge is 0.269 e. The molecule has 0 spiro atoms. The van der Waals surface area contributed by atoms with Crippen LogP contribution in [0.4, 0.5) is 11.4 Å². The van der Waals surface area contributed by atoms with E-state index in [9.17, 15) is 19.7 Å². The third kappa shape index (κ3) is 4.54. The van der Waals surface area contributed by atoms with Gasteiger partial charge in [-0.25, -0.2) is 0 Å². The van der Waals surface area contributed by atoms with E-state index >= 15 is 0 Å². The van der Waals surface area contributed by atoms with Gasteiger partial charge in [0.2, 0.25) is 5.91 Å². The number of para-hydroxylation sites is 2. The molecule has 5 rings (SSSR count). The fourth-order valence-electron chi connectivity index (χ4n) is 4.86. The second-order valence-electron chi connectivity index (χ2n) is 9.34. The first kappa shape index (κ1) is 25.2. The molecule has 0 bridgehead atoms. The third-order valence-corrected chi connectivity index (χ3v) is 6.90. The average molecular weight is 529 g/mol. The minimum atomic E-state index is -0.516. The van der Waals surface area contributed by atoms with E-state index in [1.165, 1.54) is 29.2 Å². The molecule has 1 aromatic heterocycles. The van der Waals surface area contributed by atoms with Crippen molar-refractivity contribution in [1.29, 1.82) is 0 Å². The van der Waals surface area contributed by atoms with Crippen molar-refractivity contribution in [1.82, 2.24) is 9.47 Å². The molecule has 1 atom stereocenters. The van der Waals surface area contributed by atoms with Crippen molar-refractivity contribution in [3.8, 4) is 5.69 Å². The Morgan fingerprint density at radius 1 is 0.974 bits per heavy atom. The number of hydrogen-bond donors (Lipinski definition) is 0. The quantitative estimate of drug-likeness (QED) is 0.226. The van der Waals surface area contributed by atoms with Crippen LogP contribution in [-0.4, -0.2) is 38.8 Å². The van der Waals surface area contributed by atoms with Crippen molar-refractivity contribution >= 4 is 34.8 Å². The van der Waals surface area contributed by atoms with Gasteiger partial charge < -0.3 is 9.47 Å². The summed E-state index contributed by atoms with van der Waals surface area (Å²) in [5.74, 6) is -0.643. The van der Waals surface area contributed by atoms with Crippen LogP contribution in [0.2, 0.25) is 5.02 Å². The van der Waals surface area contributed by atoms with Gasteiger partial charge in [-0.2, -0.15) is 0 Å². The molecule has 1 unspecified atom stereocenters. The van der Waals surface area contributed by atoms with Crippen LogP contribution in [0.25, 0.3) is 5.69 Å². The summed E-state index contributed by atoms with van der Waals surface area (Å²) in [6.45, 7) is 3.49. The van der Waals surface area contributed by atoms with E-state index in [0.29, 0.717) is 5.02 Å². The minimum absolute atomic E-state index is 0.106. The molecule has 38 heavy (non-hydrogen) atoms. The highest BCUT2D eigenvalue weighted by Crippen LogP contribution is 2.42. The number of nitro groups is 1. The number of amides is 2. The third-order valence-electron chi connectivity index (χ3n) is 6.67. The summed E-state index contributed by atoms with van der Waals surface area (Å²) in [5, 5.41) is 11.6. The summed E-state index contributed by atoms with van der Waals surface area (Å²) in [4.78, 5) is 41.3. The van der Waals surface area contributed by atoms with Crippen LogP contribution in [0.1, 0.15) is 41.5 Å². The summed E-state index contributed by atoms with van der Waals surface area (Å²) in [6, 6.07) is 23.6. The monoisotopic (exact) mass is 528 g/mol. The minimum Gasteiger partial charge on any atom is -0.327 e. The van der Waals surface area contributed by atoms with E-state index in [4.69, 9.17) is 11.6 Å². The maximum atomic E-state index is 14.2. The van der Waals surface area contributed by atoms with E-state index in [1.807, 2.05) is 74.6 Å². The maximum absolute atomic E-state index is 14.2. The van der Waals surface area contributed by atoms with Crippen LogP contribution >= 0.6 is 11.6 Å². The van der Waals surface area contributed by atoms with Gasteiger partial charge >= 0.3 is 0 Å². The fourth-order valence-corrected chi connectivity index (χ4v) is 5.06. The predicted octanol–water partition coefficient (Wildman–Crippen LogP) is 6.03. The molecular formula is C29H25ClN4O4. The number of carbonyl (C=O) groups is 2. The SMILES string of the molecule is CC(C)N(CC(=O)N1c2ccccc2-n2cccc2C1c1cccc(Cl)c1)C(=O)c1ccc([N+](=O)[O-])cc1. The van der Waals surface area contributed by atoms with Crippen molar-refractivity contribution < 1.29 is 14.5 Å². The van der Waals surface area contributed by atoms with Gasteiger partial charge in [0.15, 0.2) is 0 Å². The zero-order chi connectivity index (χ0) is 27.0. The zero-order valence-corrected chi connectivity index (χ0v) is 21.6. The lowest BCUT2D eigenvalue weighted by atomic mass is 9.97. The number of aromatic nitrogens is 1. The Morgan fingerprint density at radius 3 is 2.34 bits per heavy atom. The molecule has 0 fully saturated rings. The zero-order valence-electron chi connectivity index (χ0n) is 20.8. The van der Waals surface area contributed by atoms with Crippen LogP contribution < -0.4 is 4.90 Å². The first-order valence-corrected chi connectivity index (χ1v) is 12.5. The van der Waals surface area contributed by atoms with Gasteiger partial charge in [-0.15, -0.1) is 0 Å². The maximum Gasteiger partial charge on any atom is 0.269 e. The highest BCUT2D eigenvalue weighted by molar-refractivity contribution is 6.30. The normalized spacial score (nSPS) is 14.1. The summed E-state index contributed by atoms with van der Waals surface area (Å²) in [7, 11) is 0. The molecule has 9 heteroatoms. The van der Waals surface area contributed by atoms with Gasteiger partial charge in [0.05, 0.1) is 22.0 Å². The van der Waals surface area contributed by atoms with Gasteiger partial charge in [0.25, 0.3) is 11.6 Å². The summed E-state index contributed by atoms with van der Waals surface area (Å²) in [5.41, 5.74) is 3.49. The molecule has 3 aromatic carbocycles. The lowest BCUT2D eigenvalue weighted by Crippen LogP contribution is -2.48. The molecule has 0 radical (unpaired) electrons. The number of halogens is 1. The number of benzene rings is 3. The van der Waals surface area contributed by atoms with Gasteiger partial charge in [-0.1, -0.05) is 35.9 Å². The number of rotatable bonds is 6. The number of nitro benzene ring substituents is 1. The molecule has 1 aliphatic heterocycles. The lowest BCUT2D eigenvalue weighted by Gasteiger charge is -2.40. The van der Waals surface area contributed by atoms with Crippen LogP contribution in [0.15, 0.2) is 91.1 Å². The molecule has 8 nitrogen and oxygen atoms in total. The molecular weight excluding hydrogens is 504 g/mol. The second kappa shape index (κ2) is 10.1. The Balaban J connectivity index is 1.54. The van der Waals surface area contributed by atoms with E-state index in [-0.39, 0.29) is 35.7 Å². The molecule has 2 amide bonds. The number of fused-ring (bicyclic) bond motifs is 3. The Labute approximate surface area is 224 Å². The molecule has 1 aliphatic rings. The largest absolute Gasteiger partial charge is 0.327 e. The van der Waals surface area contributed by atoms with E-state index in [2.05, 4.69) is 4.57 Å². The lowest BCUT2D eigenvalue weighted by molar-refractivity contribution is -0.384. The van der Waals surface area contributed by atoms with E-state index in [1.54, 1.807) is 11.0 Å². The van der Waals surface area contributed by atoms with Crippen LogP contribution in [0, 0.1) is 10.1 Å². The average Bonchev–Trinajstić information content (AvgIpc) is 3.40. The van der Waals surface area contributed by atoms with Gasteiger partial charge in [0.1, 0.15) is 12.6 Å². The Morgan fingerprint density at radius 2 is 1.68 bits per heavy atom. The molecule has 192 valence electrons. The predicted molar refractivity (Wildman–Crippen MR) is 146 cm³/mol. The summed E-state index contributed by atoms with van der Waals surface area (Å²) >= 11 is 6.35. The molecule has 0 N–H and O–H groups in total. The number of hydrogen-bond acceptors (Lipinski definition) is 4. The first-order chi connectivity index (χ1) is 18.3. The van der Waals surface area contributed by atoms with Crippen molar-refractivity contribution in [3.63, 3.8) is 0 Å². The highest BCUT2D eigenvalue weighted by Gasteiger charge is 2.37. The van der Waals surface area contributed by atoms with E-state index in [0.717, 1.165) is 22.6 Å². The molecule has 0 aliphatic carbocycles. The fraction of sp³-hybridized carbons (Fsp3) is 0.172. The molecule has 0 saturated heterocycles. The van der Waals surface area contributed by atoms with Gasteiger partial charge in [-0.3, -0.25) is 24.6 Å². The first-order valence-electron chi connectivity index (χ1n) is 12.2. The summed E-state index contributed by atoms with van der Waals surface area (Å²) < 4.78 is 2.06. The van der Waals surface area contributed by atoms with Crippen molar-refractivity contribution in [3.05, 3.63) is 123 Å². The Hall–Kier alpha value is -4.43. The Kier molecular flexibility index (Phi) is 6.73. The van der Waals surface area contributed by atoms with Gasteiger partial charge in [-0.05, 0) is 67.9 Å². The number of non-ortho nitro benzene ring substituents is 1. The number of carbonyl (C=O) groups excluding carboxylic acids is 2. The molecule has 2 heterocycles. The molecule has 4 aromatic rings. The highest BCUT2D eigenvalue weighted by atomic mass is 35.5. The van der Waals surface area contributed by atoms with Crippen molar-refractivity contribution in [2.24, 2.45) is 0 Å². The van der Waals surface area contributed by atoms with Crippen molar-refractivity contribution in [2.75, 3.05) is 11.4 Å². The standard InChI is InChI=1S/C29H25ClN4O4/c1-19(2)32(29(36)20-12-14-23(15-13-20)34(37)38)18-27(35)33-25-10-4-3-9-24(25)31-16-6-11-26(31)28(33)21-7-5-8-22(30)17-21/h3-17,19,28H,18H2,1-2H3. The number of nitrogens with zero attached hydrogens (tertiary/aromatic N) is 4. The topological polar surface area (TPSA) is 88.7 Å².